The van der Waals surface area contributed by atoms with Gasteiger partial charge in [0.05, 0.1) is 34.0 Å². The molecule has 3 rings (SSSR count). The first-order valence-electron chi connectivity index (χ1n) is 10.6. The number of hydrogen-bond acceptors (Lipinski definition) is 7. The van der Waals surface area contributed by atoms with Crippen LogP contribution in [-0.2, 0) is 15.9 Å². The van der Waals surface area contributed by atoms with Crippen molar-refractivity contribution in [3.63, 3.8) is 0 Å². The first kappa shape index (κ1) is 23.7. The number of benzene rings is 1. The maximum absolute atomic E-state index is 13.0. The first-order chi connectivity index (χ1) is 15.3. The maximum Gasteiger partial charge on any atom is 0.355 e. The van der Waals surface area contributed by atoms with Crippen LogP contribution in [0.5, 0.6) is 17.2 Å². The molecule has 1 aromatic carbocycles. The Morgan fingerprint density at radius 2 is 1.72 bits per heavy atom. The average molecular weight is 446 g/mol. The number of nitrogens with one attached hydrogen (secondary N) is 1. The van der Waals surface area contributed by atoms with Crippen LogP contribution in [0.2, 0.25) is 0 Å². The van der Waals surface area contributed by atoms with E-state index in [1.165, 1.54) is 0 Å². The van der Waals surface area contributed by atoms with Gasteiger partial charge in [-0.25, -0.2) is 4.79 Å². The largest absolute Gasteiger partial charge is 0.493 e. The number of methoxy groups -OCH3 is 3. The van der Waals surface area contributed by atoms with Crippen molar-refractivity contribution in [1.82, 2.24) is 4.98 Å². The van der Waals surface area contributed by atoms with Gasteiger partial charge in [-0.05, 0) is 56.4 Å². The fraction of sp³-hybridized carbons (Fsp3) is 0.500. The van der Waals surface area contributed by atoms with Crippen LogP contribution in [0.25, 0.3) is 0 Å². The standard InChI is InChI=1S/C24H31NO7/c1-13(2)31-7-8-32-24(27)22-14(3)21-17(25-22)9-15(10-18(21)26)16-11-19(28-4)23(30-6)20(12-16)29-5/h11-13,15,25H,7-10H2,1-6H3/t15-/m0/s1. The molecule has 32 heavy (non-hydrogen) atoms. The number of rotatable bonds is 9. The Bertz CT molecular complexity index is 967. The third kappa shape index (κ3) is 4.75. The molecule has 8 nitrogen and oxygen atoms in total. The number of carbonyl (C=O) groups excluding carboxylic acids is 2. The molecule has 0 amide bonds. The predicted molar refractivity (Wildman–Crippen MR) is 118 cm³/mol. The molecule has 1 heterocycles. The highest BCUT2D eigenvalue weighted by Crippen LogP contribution is 2.43. The van der Waals surface area contributed by atoms with Crippen LogP contribution < -0.4 is 14.2 Å². The van der Waals surface area contributed by atoms with Gasteiger partial charge in [0, 0.05) is 17.7 Å². The van der Waals surface area contributed by atoms with Crippen molar-refractivity contribution in [3.05, 3.63) is 40.2 Å². The molecule has 1 aliphatic rings. The minimum Gasteiger partial charge on any atom is -0.493 e. The van der Waals surface area contributed by atoms with Crippen LogP contribution in [0, 0.1) is 6.92 Å². The molecule has 0 fully saturated rings. The second-order valence-electron chi connectivity index (χ2n) is 8.02. The summed E-state index contributed by atoms with van der Waals surface area (Å²) in [5, 5.41) is 0. The van der Waals surface area contributed by atoms with E-state index in [-0.39, 0.29) is 24.4 Å². The minimum atomic E-state index is -0.485. The Labute approximate surface area is 188 Å². The van der Waals surface area contributed by atoms with Crippen LogP contribution in [0.1, 0.15) is 63.9 Å². The zero-order valence-corrected chi connectivity index (χ0v) is 19.5. The third-order valence-corrected chi connectivity index (χ3v) is 5.62. The molecule has 1 aliphatic carbocycles. The molecule has 0 unspecified atom stereocenters. The van der Waals surface area contributed by atoms with Crippen LogP contribution in [-0.4, -0.2) is 57.4 Å². The lowest BCUT2D eigenvalue weighted by Gasteiger charge is -2.24. The van der Waals surface area contributed by atoms with Crippen molar-refractivity contribution in [2.24, 2.45) is 0 Å². The number of fused-ring (bicyclic) bond motifs is 1. The van der Waals surface area contributed by atoms with Gasteiger partial charge in [0.15, 0.2) is 17.3 Å². The summed E-state index contributed by atoms with van der Waals surface area (Å²) >= 11 is 0. The summed E-state index contributed by atoms with van der Waals surface area (Å²) in [6, 6.07) is 3.73. The number of esters is 1. The Morgan fingerprint density at radius 1 is 1.06 bits per heavy atom. The van der Waals surface area contributed by atoms with Crippen molar-refractivity contribution in [1.29, 1.82) is 0 Å². The van der Waals surface area contributed by atoms with Gasteiger partial charge in [0.2, 0.25) is 5.75 Å². The van der Waals surface area contributed by atoms with E-state index in [4.69, 9.17) is 23.7 Å². The zero-order valence-electron chi connectivity index (χ0n) is 19.5. The Morgan fingerprint density at radius 3 is 2.28 bits per heavy atom. The van der Waals surface area contributed by atoms with Gasteiger partial charge in [-0.15, -0.1) is 0 Å². The van der Waals surface area contributed by atoms with Gasteiger partial charge in [-0.3, -0.25) is 4.79 Å². The van der Waals surface area contributed by atoms with Gasteiger partial charge in [0.25, 0.3) is 0 Å². The van der Waals surface area contributed by atoms with Crippen LogP contribution in [0.4, 0.5) is 0 Å². The highest BCUT2D eigenvalue weighted by atomic mass is 16.6. The van der Waals surface area contributed by atoms with E-state index in [1.807, 2.05) is 26.0 Å². The normalized spacial score (nSPS) is 15.5. The molecular formula is C24H31NO7. The van der Waals surface area contributed by atoms with E-state index in [2.05, 4.69) is 4.98 Å². The highest BCUT2D eigenvalue weighted by molar-refractivity contribution is 6.03. The van der Waals surface area contributed by atoms with E-state index in [0.29, 0.717) is 53.5 Å². The number of carbonyl (C=O) groups is 2. The summed E-state index contributed by atoms with van der Waals surface area (Å²) in [6.45, 7) is 6.09. The minimum absolute atomic E-state index is 0.0130. The van der Waals surface area contributed by atoms with Crippen LogP contribution in [0.15, 0.2) is 12.1 Å². The van der Waals surface area contributed by atoms with Crippen molar-refractivity contribution in [2.45, 2.75) is 45.6 Å². The zero-order chi connectivity index (χ0) is 23.4. The molecule has 0 bridgehead atoms. The Kier molecular flexibility index (Phi) is 7.45. The molecule has 0 saturated heterocycles. The molecule has 0 radical (unpaired) electrons. The Hall–Kier alpha value is -3.00. The molecule has 1 atom stereocenters. The Balaban J connectivity index is 1.84. The van der Waals surface area contributed by atoms with Crippen LogP contribution in [0.3, 0.4) is 0 Å². The number of H-pyrrole nitrogens is 1. The summed E-state index contributed by atoms with van der Waals surface area (Å²) in [7, 11) is 4.67. The second-order valence-corrected chi connectivity index (χ2v) is 8.02. The van der Waals surface area contributed by atoms with E-state index in [9.17, 15) is 9.59 Å². The molecule has 8 heteroatoms. The third-order valence-electron chi connectivity index (χ3n) is 5.62. The average Bonchev–Trinajstić information content (AvgIpc) is 3.12. The predicted octanol–water partition coefficient (Wildman–Crippen LogP) is 3.84. The molecule has 0 spiro atoms. The summed E-state index contributed by atoms with van der Waals surface area (Å²) in [5.41, 5.74) is 3.17. The topological polar surface area (TPSA) is 96.1 Å². The molecule has 1 aromatic heterocycles. The maximum atomic E-state index is 13.0. The lowest BCUT2D eigenvalue weighted by molar-refractivity contribution is 0.0172. The van der Waals surface area contributed by atoms with Crippen molar-refractivity contribution in [3.8, 4) is 17.2 Å². The molecule has 174 valence electrons. The van der Waals surface area contributed by atoms with Gasteiger partial charge < -0.3 is 28.7 Å². The second kappa shape index (κ2) is 10.1. The molecule has 0 aliphatic heterocycles. The molecule has 2 aromatic rings. The fourth-order valence-corrected chi connectivity index (χ4v) is 4.10. The summed E-state index contributed by atoms with van der Waals surface area (Å²) in [5.74, 6) is 0.988. The van der Waals surface area contributed by atoms with Gasteiger partial charge in [-0.1, -0.05) is 0 Å². The van der Waals surface area contributed by atoms with Crippen molar-refractivity contribution in [2.75, 3.05) is 34.5 Å². The highest BCUT2D eigenvalue weighted by Gasteiger charge is 2.33. The van der Waals surface area contributed by atoms with Gasteiger partial charge in [0.1, 0.15) is 12.3 Å². The van der Waals surface area contributed by atoms with E-state index < -0.39 is 5.97 Å². The summed E-state index contributed by atoms with van der Waals surface area (Å²) in [6.07, 6.45) is 0.962. The SMILES string of the molecule is COc1cc([C@@H]2CC(=O)c3c([nH]c(C(=O)OCCOC(C)C)c3C)C2)cc(OC)c1OC. The fourth-order valence-electron chi connectivity index (χ4n) is 4.10. The summed E-state index contributed by atoms with van der Waals surface area (Å²) in [4.78, 5) is 28.7. The smallest absolute Gasteiger partial charge is 0.355 e. The lowest BCUT2D eigenvalue weighted by Crippen LogP contribution is -2.19. The molecule has 1 N–H and O–H groups in total. The van der Waals surface area contributed by atoms with Crippen molar-refractivity contribution >= 4 is 11.8 Å². The van der Waals surface area contributed by atoms with Gasteiger partial charge >= 0.3 is 5.97 Å². The summed E-state index contributed by atoms with van der Waals surface area (Å²) < 4.78 is 27.0. The number of hydrogen-bond donors (Lipinski definition) is 1. The lowest BCUT2D eigenvalue weighted by atomic mass is 9.81. The number of ether oxygens (including phenoxy) is 5. The number of aromatic amines is 1. The van der Waals surface area contributed by atoms with E-state index in [0.717, 1.165) is 11.3 Å². The van der Waals surface area contributed by atoms with E-state index in [1.54, 1.807) is 28.3 Å². The molecule has 0 saturated carbocycles. The number of aromatic nitrogens is 1. The molecular weight excluding hydrogens is 414 g/mol. The number of Topliss-reactive ketones (excluding diaryl/α,β-unsaturated/α-hetero) is 1. The van der Waals surface area contributed by atoms with Crippen molar-refractivity contribution < 1.29 is 33.3 Å². The first-order valence-corrected chi connectivity index (χ1v) is 10.6. The van der Waals surface area contributed by atoms with Gasteiger partial charge in [-0.2, -0.15) is 0 Å². The van der Waals surface area contributed by atoms with Crippen LogP contribution >= 0.6 is 0 Å². The monoisotopic (exact) mass is 445 g/mol. The van der Waals surface area contributed by atoms with E-state index >= 15 is 0 Å². The number of ketones is 1. The quantitative estimate of drug-likeness (QED) is 0.463.